The average molecular weight is 755 g/mol. The molecule has 0 radical (unpaired) electrons. The maximum absolute atomic E-state index is 14.9. The van der Waals surface area contributed by atoms with Crippen LogP contribution in [-0.4, -0.2) is 98.1 Å². The van der Waals surface area contributed by atoms with Crippen LogP contribution >= 0.6 is 0 Å². The van der Waals surface area contributed by atoms with Crippen LogP contribution in [-0.2, 0) is 33.3 Å². The molecule has 0 amide bonds. The minimum absolute atomic E-state index is 0.00823. The fraction of sp³-hybridized carbons (Fsp3) is 0.735. The summed E-state index contributed by atoms with van der Waals surface area (Å²) >= 11 is 0. The third-order valence-electron chi connectivity index (χ3n) is 7.77. The maximum Gasteiger partial charge on any atom is 0.378 e. The van der Waals surface area contributed by atoms with Crippen molar-refractivity contribution in [3.8, 4) is 0 Å². The Morgan fingerprint density at radius 2 is 1.04 bits per heavy atom. The Kier molecular flexibility index (Phi) is 20.2. The molecule has 51 heavy (non-hydrogen) atoms. The van der Waals surface area contributed by atoms with Crippen LogP contribution in [0.15, 0.2) is 36.5 Å². The normalized spacial score (nSPS) is 12.8. The minimum Gasteiger partial charge on any atom is -0.461 e. The Morgan fingerprint density at radius 1 is 0.627 bits per heavy atom. The number of rotatable bonds is 28. The second-order valence-electron chi connectivity index (χ2n) is 12.7. The lowest BCUT2D eigenvalue weighted by Crippen LogP contribution is -2.62. The Morgan fingerprint density at radius 3 is 1.45 bits per heavy atom. The molecule has 0 saturated heterocycles. The van der Waals surface area contributed by atoms with E-state index in [0.717, 1.165) is 0 Å². The Bertz CT molecular complexity index is 1140. The fourth-order valence-electron chi connectivity index (χ4n) is 4.33. The van der Waals surface area contributed by atoms with Crippen molar-refractivity contribution >= 4 is 17.9 Å². The predicted octanol–water partition coefficient (Wildman–Crippen LogP) is 7.00. The van der Waals surface area contributed by atoms with Crippen LogP contribution < -0.4 is 0 Å². The molecule has 0 aromatic rings. The number of unbranched alkanes of at least 4 members (excludes halogenated alkanes) is 4. The summed E-state index contributed by atoms with van der Waals surface area (Å²) in [5, 5.41) is 18.2. The first kappa shape index (κ1) is 48.0. The number of esters is 3. The molecule has 0 fully saturated rings. The van der Waals surface area contributed by atoms with Gasteiger partial charge in [-0.2, -0.15) is 35.1 Å². The second-order valence-corrected chi connectivity index (χ2v) is 12.7. The van der Waals surface area contributed by atoms with E-state index in [1.165, 1.54) is 13.8 Å². The lowest BCUT2D eigenvalue weighted by molar-refractivity contribution is -0.368. The van der Waals surface area contributed by atoms with Gasteiger partial charge in [0, 0.05) is 29.9 Å². The van der Waals surface area contributed by atoms with Gasteiger partial charge in [-0.15, -0.1) is 0 Å². The molecule has 9 nitrogen and oxygen atoms in total. The summed E-state index contributed by atoms with van der Waals surface area (Å²) < 4.78 is 137. The summed E-state index contributed by atoms with van der Waals surface area (Å²) in [6.07, 6.45) is -4.76. The molecule has 296 valence electrons. The molecular formula is C34H50F8O9. The van der Waals surface area contributed by atoms with Gasteiger partial charge in [0.2, 0.25) is 0 Å². The number of carbonyl (C=O) groups excluding carboxylic acids is 3. The highest BCUT2D eigenvalue weighted by atomic mass is 19.4. The number of carbonyl (C=O) groups is 3. The van der Waals surface area contributed by atoms with E-state index in [1.807, 2.05) is 0 Å². The molecule has 0 aromatic carbocycles. The third kappa shape index (κ3) is 14.8. The van der Waals surface area contributed by atoms with Crippen molar-refractivity contribution in [3.05, 3.63) is 36.5 Å². The van der Waals surface area contributed by atoms with Gasteiger partial charge < -0.3 is 29.2 Å². The van der Waals surface area contributed by atoms with Crippen LogP contribution in [0.4, 0.5) is 35.1 Å². The molecule has 0 unspecified atom stereocenters. The molecule has 17 heteroatoms. The zero-order chi connectivity index (χ0) is 39.7. The highest BCUT2D eigenvalue weighted by Crippen LogP contribution is 2.55. The molecular weight excluding hydrogens is 704 g/mol. The molecule has 0 heterocycles. The van der Waals surface area contributed by atoms with E-state index in [-0.39, 0.29) is 29.7 Å². The van der Waals surface area contributed by atoms with E-state index in [2.05, 4.69) is 19.7 Å². The molecule has 0 bridgehead atoms. The number of aliphatic hydroxyl groups excluding tert-OH is 2. The van der Waals surface area contributed by atoms with E-state index >= 15 is 0 Å². The number of alkyl halides is 8. The first-order valence-corrected chi connectivity index (χ1v) is 16.3. The van der Waals surface area contributed by atoms with Gasteiger partial charge >= 0.3 is 41.6 Å². The summed E-state index contributed by atoms with van der Waals surface area (Å²) in [5.41, 5.74) is -2.64. The van der Waals surface area contributed by atoms with Crippen molar-refractivity contribution in [2.75, 3.05) is 46.2 Å². The van der Waals surface area contributed by atoms with Gasteiger partial charge in [0.25, 0.3) is 0 Å². The topological polar surface area (TPSA) is 129 Å². The van der Waals surface area contributed by atoms with Gasteiger partial charge in [0.1, 0.15) is 19.8 Å². The molecule has 0 saturated carbocycles. The van der Waals surface area contributed by atoms with Crippen molar-refractivity contribution in [1.82, 2.24) is 0 Å². The van der Waals surface area contributed by atoms with Crippen molar-refractivity contribution in [2.45, 2.75) is 102 Å². The van der Waals surface area contributed by atoms with Gasteiger partial charge in [0.05, 0.1) is 37.4 Å². The van der Waals surface area contributed by atoms with E-state index in [9.17, 15) is 49.5 Å². The molecule has 0 atom stereocenters. The second kappa shape index (κ2) is 21.5. The highest BCUT2D eigenvalue weighted by molar-refractivity contribution is 5.88. The van der Waals surface area contributed by atoms with Crippen molar-refractivity contribution in [1.29, 1.82) is 0 Å². The standard InChI is InChI=1S/C34H50F8O9/c1-7-8-9-10-11-14-31(35,36)33(39,40)34(41,42)32(37,38)15-12-13-30(20-49-27(45)23(2)3,21-50-28(46)24(4)5)22-51-29(47)25(6)18-48-19-26(16-43)17-44/h26,43-44H,2,4,6-22H2,1,3,5H3. The lowest BCUT2D eigenvalue weighted by Gasteiger charge is -2.37. The molecule has 0 aliphatic carbocycles. The highest BCUT2D eigenvalue weighted by Gasteiger charge is 2.79. The summed E-state index contributed by atoms with van der Waals surface area (Å²) in [4.78, 5) is 37.1. The third-order valence-corrected chi connectivity index (χ3v) is 7.77. The van der Waals surface area contributed by atoms with E-state index in [1.54, 1.807) is 6.92 Å². The average Bonchev–Trinajstić information content (AvgIpc) is 3.05. The number of halogens is 8. The van der Waals surface area contributed by atoms with Crippen LogP contribution in [0.1, 0.15) is 78.6 Å². The quantitative estimate of drug-likeness (QED) is 0.0285. The first-order valence-electron chi connectivity index (χ1n) is 16.3. The van der Waals surface area contributed by atoms with Crippen LogP contribution in [0.25, 0.3) is 0 Å². The predicted molar refractivity (Wildman–Crippen MR) is 170 cm³/mol. The molecule has 2 N–H and O–H groups in total. The number of aliphatic hydroxyl groups is 2. The summed E-state index contributed by atoms with van der Waals surface area (Å²) in [6, 6.07) is 0. The number of hydrogen-bond donors (Lipinski definition) is 2. The Labute approximate surface area is 293 Å². The van der Waals surface area contributed by atoms with Gasteiger partial charge in [0.15, 0.2) is 0 Å². The number of hydrogen-bond acceptors (Lipinski definition) is 9. The van der Waals surface area contributed by atoms with Gasteiger partial charge in [-0.25, -0.2) is 14.4 Å². The molecule has 0 aliphatic heterocycles. The smallest absolute Gasteiger partial charge is 0.378 e. The van der Waals surface area contributed by atoms with Gasteiger partial charge in [-0.05, 0) is 33.1 Å². The lowest BCUT2D eigenvalue weighted by atomic mass is 9.83. The molecule has 0 aliphatic rings. The number of ether oxygens (including phenoxy) is 4. The minimum atomic E-state index is -6.51. The maximum atomic E-state index is 14.9. The van der Waals surface area contributed by atoms with E-state index in [4.69, 9.17) is 29.2 Å². The zero-order valence-corrected chi connectivity index (χ0v) is 29.3. The van der Waals surface area contributed by atoms with E-state index < -0.39 is 125 Å². The summed E-state index contributed by atoms with van der Waals surface area (Å²) in [7, 11) is 0. The Hall–Kier alpha value is -3.05. The summed E-state index contributed by atoms with van der Waals surface area (Å²) in [5.74, 6) is -28.1. The van der Waals surface area contributed by atoms with Crippen LogP contribution in [0.2, 0.25) is 0 Å². The van der Waals surface area contributed by atoms with Crippen LogP contribution in [0.3, 0.4) is 0 Å². The zero-order valence-electron chi connectivity index (χ0n) is 29.3. The molecule has 0 rings (SSSR count). The fourth-order valence-corrected chi connectivity index (χ4v) is 4.33. The Balaban J connectivity index is 6.22. The SMILES string of the molecule is C=C(C)C(=O)OCC(CCCC(F)(F)C(F)(F)C(F)(F)C(F)(F)CCCCCCC)(COC(=O)C(=C)C)COC(=O)C(=C)COCC(CO)CO. The van der Waals surface area contributed by atoms with E-state index in [0.29, 0.717) is 19.3 Å². The van der Waals surface area contributed by atoms with Crippen LogP contribution in [0, 0.1) is 11.3 Å². The van der Waals surface area contributed by atoms with Gasteiger partial charge in [-0.3, -0.25) is 0 Å². The van der Waals surface area contributed by atoms with Crippen molar-refractivity contribution in [3.63, 3.8) is 0 Å². The van der Waals surface area contributed by atoms with Gasteiger partial charge in [-0.1, -0.05) is 52.3 Å². The summed E-state index contributed by atoms with van der Waals surface area (Å²) in [6.45, 7) is 10.2. The largest absolute Gasteiger partial charge is 0.461 e. The van der Waals surface area contributed by atoms with Crippen LogP contribution in [0.5, 0.6) is 0 Å². The van der Waals surface area contributed by atoms with Crippen molar-refractivity contribution in [2.24, 2.45) is 11.3 Å². The molecule has 0 spiro atoms. The monoisotopic (exact) mass is 754 g/mol. The molecule has 0 aromatic heterocycles. The van der Waals surface area contributed by atoms with Crippen molar-refractivity contribution < 1.29 is 78.7 Å². The first-order chi connectivity index (χ1) is 23.5.